The maximum atomic E-state index is 13.9. The van der Waals surface area contributed by atoms with Gasteiger partial charge in [0.1, 0.15) is 17.2 Å². The van der Waals surface area contributed by atoms with Crippen molar-refractivity contribution < 1.29 is 18.4 Å². The van der Waals surface area contributed by atoms with Crippen LogP contribution in [0.1, 0.15) is 10.4 Å². The second-order valence-electron chi connectivity index (χ2n) is 9.05. The van der Waals surface area contributed by atoms with Crippen molar-refractivity contribution in [1.82, 2.24) is 14.8 Å². The quantitative estimate of drug-likeness (QED) is 0.331. The van der Waals surface area contributed by atoms with Crippen LogP contribution in [0.3, 0.4) is 0 Å². The number of nitrogens with zero attached hydrogens (tertiary/aromatic N) is 3. The Morgan fingerprint density at radius 1 is 0.842 bits per heavy atom. The number of amides is 2. The summed E-state index contributed by atoms with van der Waals surface area (Å²) in [4.78, 5) is 30.5. The standard InChI is InChI=1S/C29H28F2N4O2S/c30-23-10-6-11-24(31)28(23)29(37)32-13-14-35-19-26(22-9-4-5-12-25(22)35)38-20-27(36)34-17-15-33(16-18-34)21-7-2-1-3-8-21/h1-12,19H,13-18,20H2,(H,32,37). The lowest BCUT2D eigenvalue weighted by molar-refractivity contribution is -0.128. The third kappa shape index (κ3) is 5.67. The van der Waals surface area contributed by atoms with Crippen LogP contribution in [0.2, 0.25) is 0 Å². The lowest BCUT2D eigenvalue weighted by Gasteiger charge is -2.36. The Hall–Kier alpha value is -3.85. The molecule has 1 aromatic heterocycles. The number of fused-ring (bicyclic) bond motifs is 1. The number of rotatable bonds is 8. The fourth-order valence-electron chi connectivity index (χ4n) is 4.69. The number of anilines is 1. The molecule has 1 aliphatic rings. The van der Waals surface area contributed by atoms with Gasteiger partial charge in [-0.3, -0.25) is 9.59 Å². The van der Waals surface area contributed by atoms with Crippen molar-refractivity contribution in [2.24, 2.45) is 0 Å². The van der Waals surface area contributed by atoms with E-state index in [0.29, 0.717) is 25.4 Å². The average molecular weight is 535 g/mol. The first-order valence-electron chi connectivity index (χ1n) is 12.5. The molecule has 3 aromatic carbocycles. The molecule has 38 heavy (non-hydrogen) atoms. The van der Waals surface area contributed by atoms with Crippen molar-refractivity contribution in [1.29, 1.82) is 0 Å². The Balaban J connectivity index is 1.18. The summed E-state index contributed by atoms with van der Waals surface area (Å²) in [5.41, 5.74) is 1.56. The molecule has 1 aliphatic heterocycles. The Bertz CT molecular complexity index is 1420. The molecule has 0 spiro atoms. The number of para-hydroxylation sites is 2. The first kappa shape index (κ1) is 25.8. The number of aromatic nitrogens is 1. The van der Waals surface area contributed by atoms with Crippen LogP contribution in [0.4, 0.5) is 14.5 Å². The van der Waals surface area contributed by atoms with E-state index in [4.69, 9.17) is 0 Å². The van der Waals surface area contributed by atoms with E-state index in [1.54, 1.807) is 0 Å². The number of carbonyl (C=O) groups excluding carboxylic acids is 2. The second-order valence-corrected chi connectivity index (χ2v) is 10.1. The minimum atomic E-state index is -0.890. The zero-order chi connectivity index (χ0) is 26.5. The van der Waals surface area contributed by atoms with E-state index in [2.05, 4.69) is 22.3 Å². The van der Waals surface area contributed by atoms with E-state index in [9.17, 15) is 18.4 Å². The summed E-state index contributed by atoms with van der Waals surface area (Å²) < 4.78 is 29.8. The molecule has 196 valence electrons. The molecular weight excluding hydrogens is 506 g/mol. The number of halogens is 2. The zero-order valence-electron chi connectivity index (χ0n) is 20.8. The maximum Gasteiger partial charge on any atom is 0.257 e. The molecular formula is C29H28F2N4O2S. The van der Waals surface area contributed by atoms with E-state index < -0.39 is 23.1 Å². The van der Waals surface area contributed by atoms with E-state index in [1.165, 1.54) is 23.5 Å². The number of hydrogen-bond donors (Lipinski definition) is 1. The minimum Gasteiger partial charge on any atom is -0.368 e. The second kappa shape index (κ2) is 11.7. The van der Waals surface area contributed by atoms with Gasteiger partial charge in [-0.05, 0) is 30.3 Å². The summed E-state index contributed by atoms with van der Waals surface area (Å²) in [5, 5.41) is 3.62. The molecule has 6 nitrogen and oxygen atoms in total. The van der Waals surface area contributed by atoms with Gasteiger partial charge in [0.25, 0.3) is 5.91 Å². The molecule has 2 heterocycles. The maximum absolute atomic E-state index is 13.9. The molecule has 4 aromatic rings. The molecule has 1 N–H and O–H groups in total. The van der Waals surface area contributed by atoms with Gasteiger partial charge in [0.2, 0.25) is 5.91 Å². The number of hydrogen-bond acceptors (Lipinski definition) is 4. The largest absolute Gasteiger partial charge is 0.368 e. The van der Waals surface area contributed by atoms with Crippen LogP contribution in [0.15, 0.2) is 83.9 Å². The van der Waals surface area contributed by atoms with Gasteiger partial charge in [-0.15, -0.1) is 11.8 Å². The number of carbonyl (C=O) groups is 2. The molecule has 0 unspecified atom stereocenters. The molecule has 0 saturated carbocycles. The van der Waals surface area contributed by atoms with Crippen LogP contribution < -0.4 is 10.2 Å². The molecule has 9 heteroatoms. The van der Waals surface area contributed by atoms with Gasteiger partial charge < -0.3 is 19.7 Å². The Kier molecular flexibility index (Phi) is 7.93. The lowest BCUT2D eigenvalue weighted by Crippen LogP contribution is -2.49. The predicted octanol–water partition coefficient (Wildman–Crippen LogP) is 4.79. The van der Waals surface area contributed by atoms with Crippen molar-refractivity contribution >= 4 is 40.2 Å². The van der Waals surface area contributed by atoms with Crippen LogP contribution in [-0.4, -0.2) is 59.8 Å². The number of thioether (sulfide) groups is 1. The van der Waals surface area contributed by atoms with Crippen LogP contribution >= 0.6 is 11.8 Å². The molecule has 1 saturated heterocycles. The lowest BCUT2D eigenvalue weighted by atomic mass is 10.2. The Morgan fingerprint density at radius 3 is 2.26 bits per heavy atom. The molecule has 0 radical (unpaired) electrons. The summed E-state index contributed by atoms with van der Waals surface area (Å²) in [5.74, 6) is -2.12. The van der Waals surface area contributed by atoms with Crippen LogP contribution in [0.25, 0.3) is 10.9 Å². The third-order valence-electron chi connectivity index (χ3n) is 6.68. The van der Waals surface area contributed by atoms with Crippen molar-refractivity contribution in [3.05, 3.63) is 96.2 Å². The number of nitrogens with one attached hydrogen (secondary N) is 1. The molecule has 0 bridgehead atoms. The van der Waals surface area contributed by atoms with Gasteiger partial charge in [-0.25, -0.2) is 8.78 Å². The molecule has 0 atom stereocenters. The van der Waals surface area contributed by atoms with Crippen molar-refractivity contribution in [3.8, 4) is 0 Å². The van der Waals surface area contributed by atoms with Gasteiger partial charge in [0.05, 0.1) is 5.75 Å². The summed E-state index contributed by atoms with van der Waals surface area (Å²) in [6, 6.07) is 21.4. The fraction of sp³-hybridized carbons (Fsp3) is 0.241. The zero-order valence-corrected chi connectivity index (χ0v) is 21.6. The molecule has 0 aliphatic carbocycles. The van der Waals surface area contributed by atoms with Gasteiger partial charge in [-0.2, -0.15) is 0 Å². The number of benzene rings is 3. The third-order valence-corrected chi connectivity index (χ3v) is 7.71. The summed E-state index contributed by atoms with van der Waals surface area (Å²) in [6.07, 6.45) is 1.96. The first-order valence-corrected chi connectivity index (χ1v) is 13.5. The Morgan fingerprint density at radius 2 is 1.53 bits per heavy atom. The van der Waals surface area contributed by atoms with Gasteiger partial charge >= 0.3 is 0 Å². The summed E-state index contributed by atoms with van der Waals surface area (Å²) >= 11 is 1.50. The molecule has 1 fully saturated rings. The van der Waals surface area contributed by atoms with E-state index in [1.807, 2.05) is 58.1 Å². The average Bonchev–Trinajstić information content (AvgIpc) is 3.30. The molecule has 2 amide bonds. The van der Waals surface area contributed by atoms with Gasteiger partial charge in [-0.1, -0.05) is 42.5 Å². The van der Waals surface area contributed by atoms with Gasteiger partial charge in [0, 0.05) is 67.0 Å². The highest BCUT2D eigenvalue weighted by atomic mass is 32.2. The van der Waals surface area contributed by atoms with E-state index >= 15 is 0 Å². The fourth-order valence-corrected chi connectivity index (χ4v) is 5.68. The summed E-state index contributed by atoms with van der Waals surface area (Å²) in [6.45, 7) is 3.61. The summed E-state index contributed by atoms with van der Waals surface area (Å²) in [7, 11) is 0. The van der Waals surface area contributed by atoms with E-state index in [-0.39, 0.29) is 12.5 Å². The SMILES string of the molecule is O=C(NCCn1cc(SCC(=O)N2CCN(c3ccccc3)CC2)c2ccccc21)c1c(F)cccc1F. The van der Waals surface area contributed by atoms with Crippen LogP contribution in [-0.2, 0) is 11.3 Å². The normalized spacial score (nSPS) is 13.6. The van der Waals surface area contributed by atoms with Crippen LogP contribution in [0, 0.1) is 11.6 Å². The monoisotopic (exact) mass is 534 g/mol. The first-order chi connectivity index (χ1) is 18.5. The minimum absolute atomic E-state index is 0.110. The smallest absolute Gasteiger partial charge is 0.257 e. The van der Waals surface area contributed by atoms with Crippen LogP contribution in [0.5, 0.6) is 0 Å². The predicted molar refractivity (Wildman–Crippen MR) is 147 cm³/mol. The number of piperazine rings is 1. The van der Waals surface area contributed by atoms with Gasteiger partial charge in [0.15, 0.2) is 0 Å². The highest BCUT2D eigenvalue weighted by Gasteiger charge is 2.22. The highest BCUT2D eigenvalue weighted by Crippen LogP contribution is 2.30. The molecule has 5 rings (SSSR count). The van der Waals surface area contributed by atoms with Crippen molar-refractivity contribution in [2.75, 3.05) is 43.4 Å². The van der Waals surface area contributed by atoms with Crippen molar-refractivity contribution in [2.45, 2.75) is 11.4 Å². The Labute approximate surface area is 224 Å². The topological polar surface area (TPSA) is 57.6 Å². The van der Waals surface area contributed by atoms with E-state index in [0.717, 1.165) is 41.0 Å². The highest BCUT2D eigenvalue weighted by molar-refractivity contribution is 8.00. The van der Waals surface area contributed by atoms with Crippen molar-refractivity contribution in [3.63, 3.8) is 0 Å².